The summed E-state index contributed by atoms with van der Waals surface area (Å²) in [4.78, 5) is 25.5. The van der Waals surface area contributed by atoms with Crippen LogP contribution in [-0.2, 0) is 9.59 Å². The minimum Gasteiger partial charge on any atom is -0.368 e. The molecule has 0 radical (unpaired) electrons. The van der Waals surface area contributed by atoms with Crippen molar-refractivity contribution in [2.24, 2.45) is 17.6 Å². The summed E-state index contributed by atoms with van der Waals surface area (Å²) in [6.45, 7) is 3.76. The van der Waals surface area contributed by atoms with Crippen molar-refractivity contribution < 1.29 is 9.59 Å². The third-order valence-electron chi connectivity index (χ3n) is 4.21. The monoisotopic (exact) mass is 253 g/mol. The summed E-state index contributed by atoms with van der Waals surface area (Å²) in [5.41, 5.74) is 5.28. The number of nitrogens with one attached hydrogen (secondary N) is 1. The van der Waals surface area contributed by atoms with Crippen molar-refractivity contribution in [2.45, 2.75) is 38.6 Å². The number of carbonyl (C=O) groups is 2. The van der Waals surface area contributed by atoms with Gasteiger partial charge in [-0.05, 0) is 25.3 Å². The van der Waals surface area contributed by atoms with Gasteiger partial charge in [-0.3, -0.25) is 9.59 Å². The molecule has 2 amide bonds. The molecule has 2 atom stereocenters. The number of nitrogens with zero attached hydrogens (tertiary/aromatic N) is 1. The Kier molecular flexibility index (Phi) is 4.22. The van der Waals surface area contributed by atoms with E-state index < -0.39 is 5.91 Å². The zero-order chi connectivity index (χ0) is 13.1. The van der Waals surface area contributed by atoms with Crippen LogP contribution in [0.15, 0.2) is 0 Å². The average Bonchev–Trinajstić information content (AvgIpc) is 2.95. The van der Waals surface area contributed by atoms with Crippen molar-refractivity contribution in [3.63, 3.8) is 0 Å². The highest BCUT2D eigenvalue weighted by Crippen LogP contribution is 2.27. The largest absolute Gasteiger partial charge is 0.368 e. The van der Waals surface area contributed by atoms with Gasteiger partial charge in [0.2, 0.25) is 11.8 Å². The molecule has 1 saturated heterocycles. The van der Waals surface area contributed by atoms with E-state index in [-0.39, 0.29) is 24.4 Å². The number of hydrogen-bond donors (Lipinski definition) is 2. The number of carbonyl (C=O) groups excluding carboxylic acids is 2. The second-order valence-corrected chi connectivity index (χ2v) is 5.61. The molecule has 5 heteroatoms. The second kappa shape index (κ2) is 5.69. The van der Waals surface area contributed by atoms with Crippen molar-refractivity contribution in [2.75, 3.05) is 19.6 Å². The number of amides is 2. The Morgan fingerprint density at radius 2 is 1.94 bits per heavy atom. The van der Waals surface area contributed by atoms with Gasteiger partial charge in [0.05, 0.1) is 12.5 Å². The molecule has 0 aromatic rings. The normalized spacial score (nSPS) is 28.5. The Morgan fingerprint density at radius 1 is 1.28 bits per heavy atom. The smallest absolute Gasteiger partial charge is 0.237 e. The maximum Gasteiger partial charge on any atom is 0.237 e. The first kappa shape index (κ1) is 13.3. The van der Waals surface area contributed by atoms with Gasteiger partial charge in [0.1, 0.15) is 0 Å². The van der Waals surface area contributed by atoms with Crippen LogP contribution < -0.4 is 11.1 Å². The SMILES string of the molecule is CC1CNCC1C(=O)N(CC(N)=O)C1CCCC1. The summed E-state index contributed by atoms with van der Waals surface area (Å²) in [5.74, 6) is 0.0475. The standard InChI is InChI=1S/C13H23N3O2/c1-9-6-15-7-11(9)13(18)16(8-12(14)17)10-4-2-3-5-10/h9-11,15H,2-8H2,1H3,(H2,14,17). The molecule has 5 nitrogen and oxygen atoms in total. The summed E-state index contributed by atoms with van der Waals surface area (Å²) in [6.07, 6.45) is 4.30. The highest BCUT2D eigenvalue weighted by molar-refractivity contribution is 5.86. The van der Waals surface area contributed by atoms with E-state index in [0.29, 0.717) is 5.92 Å². The molecular weight excluding hydrogens is 230 g/mol. The Balaban J connectivity index is 2.06. The molecule has 0 aromatic carbocycles. The number of primary amides is 1. The van der Waals surface area contributed by atoms with Gasteiger partial charge >= 0.3 is 0 Å². The fourth-order valence-electron chi connectivity index (χ4n) is 3.12. The molecule has 3 N–H and O–H groups in total. The number of hydrogen-bond acceptors (Lipinski definition) is 3. The molecule has 102 valence electrons. The molecule has 1 aliphatic heterocycles. The van der Waals surface area contributed by atoms with Crippen molar-refractivity contribution in [1.82, 2.24) is 10.2 Å². The molecule has 0 bridgehead atoms. The van der Waals surface area contributed by atoms with Gasteiger partial charge < -0.3 is 16.0 Å². The topological polar surface area (TPSA) is 75.4 Å². The van der Waals surface area contributed by atoms with Gasteiger partial charge in [-0.2, -0.15) is 0 Å². The van der Waals surface area contributed by atoms with Crippen LogP contribution in [0, 0.1) is 11.8 Å². The van der Waals surface area contributed by atoms with E-state index >= 15 is 0 Å². The molecule has 2 unspecified atom stereocenters. The molecule has 2 rings (SSSR count). The van der Waals surface area contributed by atoms with Crippen molar-refractivity contribution in [3.05, 3.63) is 0 Å². The molecular formula is C13H23N3O2. The van der Waals surface area contributed by atoms with Crippen LogP contribution in [0.5, 0.6) is 0 Å². The minimum atomic E-state index is -0.408. The van der Waals surface area contributed by atoms with Crippen LogP contribution in [0.2, 0.25) is 0 Å². The van der Waals surface area contributed by atoms with Crippen molar-refractivity contribution >= 4 is 11.8 Å². The van der Waals surface area contributed by atoms with Crippen LogP contribution in [0.1, 0.15) is 32.6 Å². The second-order valence-electron chi connectivity index (χ2n) is 5.61. The Labute approximate surface area is 108 Å². The summed E-state index contributed by atoms with van der Waals surface area (Å²) in [6, 6.07) is 0.220. The van der Waals surface area contributed by atoms with E-state index in [4.69, 9.17) is 5.73 Å². The minimum absolute atomic E-state index is 0.00458. The Bertz CT molecular complexity index is 326. The van der Waals surface area contributed by atoms with Crippen molar-refractivity contribution in [3.8, 4) is 0 Å². The lowest BCUT2D eigenvalue weighted by Crippen LogP contribution is -2.48. The van der Waals surface area contributed by atoms with Gasteiger partial charge in [-0.15, -0.1) is 0 Å². The molecule has 1 aliphatic carbocycles. The van der Waals surface area contributed by atoms with Gasteiger partial charge in [0.25, 0.3) is 0 Å². The zero-order valence-electron chi connectivity index (χ0n) is 11.0. The molecule has 1 saturated carbocycles. The van der Waals surface area contributed by atoms with E-state index in [1.165, 1.54) is 0 Å². The van der Waals surface area contributed by atoms with Crippen molar-refractivity contribution in [1.29, 1.82) is 0 Å². The van der Waals surface area contributed by atoms with E-state index in [2.05, 4.69) is 12.2 Å². The summed E-state index contributed by atoms with van der Waals surface area (Å²) in [7, 11) is 0. The third kappa shape index (κ3) is 2.83. The quantitative estimate of drug-likeness (QED) is 0.746. The lowest BCUT2D eigenvalue weighted by atomic mass is 9.95. The highest BCUT2D eigenvalue weighted by atomic mass is 16.2. The Morgan fingerprint density at radius 3 is 2.44 bits per heavy atom. The van der Waals surface area contributed by atoms with Gasteiger partial charge in [-0.25, -0.2) is 0 Å². The van der Waals surface area contributed by atoms with Crippen LogP contribution >= 0.6 is 0 Å². The van der Waals surface area contributed by atoms with E-state index in [0.717, 1.165) is 38.8 Å². The van der Waals surface area contributed by atoms with E-state index in [9.17, 15) is 9.59 Å². The lowest BCUT2D eigenvalue weighted by Gasteiger charge is -2.31. The van der Waals surface area contributed by atoms with E-state index in [1.807, 2.05) is 0 Å². The molecule has 18 heavy (non-hydrogen) atoms. The van der Waals surface area contributed by atoms with E-state index in [1.54, 1.807) is 4.90 Å². The average molecular weight is 253 g/mol. The maximum atomic E-state index is 12.6. The van der Waals surface area contributed by atoms with Crippen LogP contribution in [-0.4, -0.2) is 42.4 Å². The first-order valence-corrected chi connectivity index (χ1v) is 6.89. The summed E-state index contributed by atoms with van der Waals surface area (Å²) in [5, 5.41) is 3.24. The van der Waals surface area contributed by atoms with Gasteiger partial charge in [0, 0.05) is 12.6 Å². The van der Waals surface area contributed by atoms with Crippen LogP contribution in [0.25, 0.3) is 0 Å². The summed E-state index contributed by atoms with van der Waals surface area (Å²) >= 11 is 0. The Hall–Kier alpha value is -1.10. The van der Waals surface area contributed by atoms with Gasteiger partial charge in [-0.1, -0.05) is 19.8 Å². The lowest BCUT2D eigenvalue weighted by molar-refractivity contribution is -0.141. The van der Waals surface area contributed by atoms with Gasteiger partial charge in [0.15, 0.2) is 0 Å². The highest BCUT2D eigenvalue weighted by Gasteiger charge is 2.36. The first-order valence-electron chi connectivity index (χ1n) is 6.89. The molecule has 0 spiro atoms. The predicted molar refractivity (Wildman–Crippen MR) is 68.7 cm³/mol. The first-order chi connectivity index (χ1) is 8.59. The molecule has 2 aliphatic rings. The fraction of sp³-hybridized carbons (Fsp3) is 0.846. The fourth-order valence-corrected chi connectivity index (χ4v) is 3.12. The number of rotatable bonds is 4. The number of nitrogens with two attached hydrogens (primary N) is 1. The molecule has 1 heterocycles. The van der Waals surface area contributed by atoms with Crippen LogP contribution in [0.3, 0.4) is 0 Å². The maximum absolute atomic E-state index is 12.6. The molecule has 2 fully saturated rings. The predicted octanol–water partition coefficient (Wildman–Crippen LogP) is 0.0984. The molecule has 0 aromatic heterocycles. The third-order valence-corrected chi connectivity index (χ3v) is 4.21. The summed E-state index contributed by atoms with van der Waals surface area (Å²) < 4.78 is 0. The zero-order valence-corrected chi connectivity index (χ0v) is 11.0. The van der Waals surface area contributed by atoms with Crippen LogP contribution in [0.4, 0.5) is 0 Å².